The van der Waals surface area contributed by atoms with Crippen molar-refractivity contribution < 1.29 is 37.6 Å². The number of halogens is 1. The number of hydrogen-bond donors (Lipinski definition) is 0. The molecule has 0 spiro atoms. The van der Waals surface area contributed by atoms with Gasteiger partial charge in [-0.25, -0.2) is 4.39 Å². The van der Waals surface area contributed by atoms with E-state index in [4.69, 9.17) is 13.8 Å². The van der Waals surface area contributed by atoms with Crippen LogP contribution in [0, 0.1) is 44.0 Å². The molecule has 0 aliphatic carbocycles. The van der Waals surface area contributed by atoms with Crippen molar-refractivity contribution in [3.05, 3.63) is 134 Å². The van der Waals surface area contributed by atoms with Gasteiger partial charge in [-0.1, -0.05) is 41.3 Å². The summed E-state index contributed by atoms with van der Waals surface area (Å²) < 4.78 is 44.0. The third-order valence-electron chi connectivity index (χ3n) is 5.91. The number of pyridine rings is 2. The monoisotopic (exact) mass is 679 g/mol. The molecule has 0 N–H and O–H groups in total. The average Bonchev–Trinajstić information content (AvgIpc) is 3.31. The summed E-state index contributed by atoms with van der Waals surface area (Å²) in [5, 5.41) is 10.6. The molecular weight excluding hydrogens is 654 g/mol. The molecule has 3 aromatic carbocycles. The van der Waals surface area contributed by atoms with Crippen molar-refractivity contribution in [1.29, 1.82) is 5.26 Å². The van der Waals surface area contributed by atoms with Crippen molar-refractivity contribution in [3.63, 3.8) is 0 Å². The third kappa shape index (κ3) is 5.17. The molecule has 0 bridgehead atoms. The van der Waals surface area contributed by atoms with Gasteiger partial charge in [-0.2, -0.15) is 23.8 Å². The van der Waals surface area contributed by atoms with E-state index >= 15 is 0 Å². The minimum Gasteiger partial charge on any atom is -0.501 e. The third-order valence-corrected chi connectivity index (χ3v) is 5.91. The topological polar surface area (TPSA) is 53.7 Å². The fourth-order valence-electron chi connectivity index (χ4n) is 4.06. The first-order valence-corrected chi connectivity index (χ1v) is 11.3. The molecule has 6 aromatic rings. The first-order valence-electron chi connectivity index (χ1n) is 12.8. The fourth-order valence-corrected chi connectivity index (χ4v) is 4.06. The van der Waals surface area contributed by atoms with E-state index in [1.54, 1.807) is 24.3 Å². The molecular formula is C32H22FIrN3O+. The van der Waals surface area contributed by atoms with E-state index in [-0.39, 0.29) is 25.8 Å². The summed E-state index contributed by atoms with van der Waals surface area (Å²) in [4.78, 5) is 4.09. The normalized spacial score (nSPS) is 11.8. The molecule has 186 valence electrons. The van der Waals surface area contributed by atoms with Crippen LogP contribution in [0.3, 0.4) is 0 Å². The molecule has 3 aromatic heterocycles. The second-order valence-electron chi connectivity index (χ2n) is 8.28. The van der Waals surface area contributed by atoms with Gasteiger partial charge < -0.3 is 14.0 Å². The maximum Gasteiger partial charge on any atom is 3.00 e. The Morgan fingerprint density at radius 3 is 2.63 bits per heavy atom. The van der Waals surface area contributed by atoms with Gasteiger partial charge in [0, 0.05) is 28.3 Å². The van der Waals surface area contributed by atoms with Gasteiger partial charge in [0.15, 0.2) is 0 Å². The van der Waals surface area contributed by atoms with E-state index in [0.717, 1.165) is 39.9 Å². The van der Waals surface area contributed by atoms with Gasteiger partial charge in [-0.15, -0.1) is 35.9 Å². The molecule has 0 radical (unpaired) electrons. The van der Waals surface area contributed by atoms with Crippen LogP contribution in [0.1, 0.15) is 20.8 Å². The molecule has 0 unspecified atom stereocenters. The summed E-state index contributed by atoms with van der Waals surface area (Å²) in [5.74, 6) is -0.858. The molecule has 6 rings (SSSR count). The Hall–Kier alpha value is -4.43. The van der Waals surface area contributed by atoms with Crippen LogP contribution in [0.5, 0.6) is 0 Å². The van der Waals surface area contributed by atoms with Crippen LogP contribution in [-0.4, -0.2) is 4.98 Å². The van der Waals surface area contributed by atoms with Crippen LogP contribution >= 0.6 is 0 Å². The van der Waals surface area contributed by atoms with Crippen LogP contribution < -0.4 is 4.57 Å². The van der Waals surface area contributed by atoms with E-state index in [1.165, 1.54) is 0 Å². The van der Waals surface area contributed by atoms with Gasteiger partial charge in [-0.05, 0) is 30.7 Å². The quantitative estimate of drug-likeness (QED) is 0.144. The maximum absolute atomic E-state index is 14.3. The fraction of sp³-hybridized carbons (Fsp3) is 0.0312. The van der Waals surface area contributed by atoms with Crippen molar-refractivity contribution in [2.75, 3.05) is 0 Å². The number of furan rings is 1. The molecule has 6 heteroatoms. The molecule has 0 atom stereocenters. The number of fused-ring (bicyclic) bond motifs is 3. The van der Waals surface area contributed by atoms with Crippen LogP contribution in [0.4, 0.5) is 4.39 Å². The SMILES string of the molecule is [2H]C([2H])([2H])c1cnc(-c2[c-]ccc3c2oc2cc(C#N)ccc23)cc1F.[CH2-]c1ccccc1-c1cccc[n+]1[CH2-].[Ir+3]. The summed E-state index contributed by atoms with van der Waals surface area (Å²) in [6.45, 7) is 1.43. The van der Waals surface area contributed by atoms with Crippen molar-refractivity contribution in [1.82, 2.24) is 4.98 Å². The van der Waals surface area contributed by atoms with Crippen LogP contribution in [0.2, 0.25) is 0 Å². The van der Waals surface area contributed by atoms with Gasteiger partial charge >= 0.3 is 20.1 Å². The Labute approximate surface area is 238 Å². The summed E-state index contributed by atoms with van der Waals surface area (Å²) >= 11 is 0. The minimum atomic E-state index is -2.57. The Kier molecular flexibility index (Phi) is 6.77. The Bertz CT molecular complexity index is 1870. The number of rotatable bonds is 2. The molecule has 38 heavy (non-hydrogen) atoms. The van der Waals surface area contributed by atoms with Gasteiger partial charge in [0.05, 0.1) is 29.1 Å². The van der Waals surface area contributed by atoms with E-state index in [2.05, 4.69) is 37.2 Å². The predicted molar refractivity (Wildman–Crippen MR) is 142 cm³/mol. The number of aromatic nitrogens is 2. The van der Waals surface area contributed by atoms with Crippen molar-refractivity contribution in [3.8, 4) is 28.6 Å². The van der Waals surface area contributed by atoms with Gasteiger partial charge in [0.25, 0.3) is 0 Å². The molecule has 0 aliphatic rings. The Morgan fingerprint density at radius 1 is 1.08 bits per heavy atom. The van der Waals surface area contributed by atoms with E-state index < -0.39 is 18.2 Å². The number of aryl methyl sites for hydroxylation is 1. The first kappa shape index (κ1) is 22.7. The second-order valence-corrected chi connectivity index (χ2v) is 8.28. The second kappa shape index (κ2) is 11.3. The summed E-state index contributed by atoms with van der Waals surface area (Å²) in [6, 6.07) is 28.7. The zero-order valence-electron chi connectivity index (χ0n) is 23.0. The van der Waals surface area contributed by atoms with Crippen molar-refractivity contribution in [2.24, 2.45) is 0 Å². The molecule has 0 saturated carbocycles. The molecule has 4 nitrogen and oxygen atoms in total. The molecule has 0 amide bonds. The standard InChI is InChI=1S/C19H10FN2O.C13H12N.Ir/c1-11-10-22-17(8-16(11)20)15-4-2-3-14-13-6-5-12(9-21)7-18(13)23-19(14)15;1-11-7-3-4-8-12(11)13-9-5-6-10-14(13)2;/h2-3,5-8,10H,1H3;3-10H,1-2H2;/q2*-1;+3/i1D3;;. The van der Waals surface area contributed by atoms with E-state index in [0.29, 0.717) is 22.3 Å². The summed E-state index contributed by atoms with van der Waals surface area (Å²) in [6.07, 6.45) is 2.95. The largest absolute Gasteiger partial charge is 3.00 e. The summed E-state index contributed by atoms with van der Waals surface area (Å²) in [7, 11) is 3.93. The van der Waals surface area contributed by atoms with E-state index in [1.807, 2.05) is 53.2 Å². The maximum atomic E-state index is 14.3. The summed E-state index contributed by atoms with van der Waals surface area (Å²) in [5.41, 5.74) is 4.89. The van der Waals surface area contributed by atoms with Crippen LogP contribution in [-0.2, 0) is 20.1 Å². The molecule has 0 fully saturated rings. The zero-order chi connectivity index (χ0) is 28.4. The van der Waals surface area contributed by atoms with Crippen LogP contribution in [0.25, 0.3) is 44.5 Å². The van der Waals surface area contributed by atoms with Gasteiger partial charge in [0.1, 0.15) is 11.4 Å². The van der Waals surface area contributed by atoms with Crippen molar-refractivity contribution in [2.45, 2.75) is 6.85 Å². The van der Waals surface area contributed by atoms with Crippen molar-refractivity contribution >= 4 is 21.9 Å². The first-order chi connectivity index (χ1) is 19.2. The Morgan fingerprint density at radius 2 is 1.89 bits per heavy atom. The zero-order valence-corrected chi connectivity index (χ0v) is 22.4. The smallest absolute Gasteiger partial charge is 0.501 e. The molecule has 0 aliphatic heterocycles. The predicted octanol–water partition coefficient (Wildman–Crippen LogP) is 7.23. The minimum absolute atomic E-state index is 0. The number of hydrogen-bond acceptors (Lipinski definition) is 3. The average molecular weight is 679 g/mol. The number of benzene rings is 3. The van der Waals surface area contributed by atoms with E-state index in [9.17, 15) is 4.39 Å². The number of nitriles is 1. The van der Waals surface area contributed by atoms with Gasteiger partial charge in [0.2, 0.25) is 0 Å². The molecule has 3 heterocycles. The van der Waals surface area contributed by atoms with Crippen LogP contribution in [0.15, 0.2) is 95.7 Å². The number of nitrogens with zero attached hydrogens (tertiary/aromatic N) is 3. The Balaban J connectivity index is 0.000000219. The molecule has 0 saturated heterocycles. The van der Waals surface area contributed by atoms with Gasteiger partial charge in [-0.3, -0.25) is 0 Å².